The standard InChI is InChI=1S/C24H28N4O2S/c1-17(10-11-25-4)18(2)12-22(19(3)29)28-24(30)23(13-20-8-6-5-7-9-20)26-14-21-15-31-16-27-21/h5-12,15-16,18,23,26H,1,4,13-14H2,2-3H3,(H,28,30)/b11-10-,22-12+. The Morgan fingerprint density at radius 1 is 1.29 bits per heavy atom. The van der Waals surface area contributed by atoms with Gasteiger partial charge in [-0.05, 0) is 36.4 Å². The van der Waals surface area contributed by atoms with E-state index in [0.29, 0.717) is 13.0 Å². The molecule has 31 heavy (non-hydrogen) atoms. The van der Waals surface area contributed by atoms with Gasteiger partial charge in [-0.15, -0.1) is 11.3 Å². The van der Waals surface area contributed by atoms with Crippen molar-refractivity contribution in [1.29, 1.82) is 0 Å². The second-order valence-electron chi connectivity index (χ2n) is 7.09. The first-order valence-electron chi connectivity index (χ1n) is 9.90. The van der Waals surface area contributed by atoms with Crippen molar-refractivity contribution in [1.82, 2.24) is 15.6 Å². The summed E-state index contributed by atoms with van der Waals surface area (Å²) in [6.07, 6.45) is 5.45. The Hall–Kier alpha value is -3.16. The molecule has 0 spiro atoms. The monoisotopic (exact) mass is 436 g/mol. The number of amides is 1. The van der Waals surface area contributed by atoms with Gasteiger partial charge in [-0.2, -0.15) is 0 Å². The van der Waals surface area contributed by atoms with Crippen LogP contribution in [0.25, 0.3) is 0 Å². The van der Waals surface area contributed by atoms with Crippen LogP contribution < -0.4 is 10.6 Å². The average molecular weight is 437 g/mol. The molecule has 2 atom stereocenters. The van der Waals surface area contributed by atoms with Crippen LogP contribution in [0.4, 0.5) is 0 Å². The van der Waals surface area contributed by atoms with Crippen LogP contribution in [0.1, 0.15) is 25.1 Å². The fourth-order valence-corrected chi connectivity index (χ4v) is 3.34. The molecular weight excluding hydrogens is 408 g/mol. The van der Waals surface area contributed by atoms with Crippen molar-refractivity contribution in [3.63, 3.8) is 0 Å². The molecule has 0 fully saturated rings. The Kier molecular flexibility index (Phi) is 9.74. The lowest BCUT2D eigenvalue weighted by Gasteiger charge is -2.19. The van der Waals surface area contributed by atoms with Gasteiger partial charge in [-0.3, -0.25) is 19.9 Å². The zero-order chi connectivity index (χ0) is 22.6. The first-order chi connectivity index (χ1) is 14.9. The van der Waals surface area contributed by atoms with Crippen LogP contribution >= 0.6 is 11.3 Å². The lowest BCUT2D eigenvalue weighted by molar-refractivity contribution is -0.124. The van der Waals surface area contributed by atoms with Crippen molar-refractivity contribution >= 4 is 29.7 Å². The number of aromatic nitrogens is 1. The molecule has 1 aromatic carbocycles. The zero-order valence-electron chi connectivity index (χ0n) is 17.9. The van der Waals surface area contributed by atoms with Crippen molar-refractivity contribution in [2.24, 2.45) is 10.9 Å². The number of carbonyl (C=O) groups excluding carboxylic acids is 2. The van der Waals surface area contributed by atoms with Crippen LogP contribution in [0.5, 0.6) is 0 Å². The van der Waals surface area contributed by atoms with Crippen LogP contribution in [-0.4, -0.2) is 29.4 Å². The number of aliphatic imine (C=N–C) groups is 1. The number of ketones is 1. The highest BCUT2D eigenvalue weighted by Gasteiger charge is 2.21. The summed E-state index contributed by atoms with van der Waals surface area (Å²) in [5.74, 6) is -0.661. The Balaban J connectivity index is 2.16. The summed E-state index contributed by atoms with van der Waals surface area (Å²) in [5.41, 5.74) is 4.64. The number of rotatable bonds is 12. The van der Waals surface area contributed by atoms with Gasteiger partial charge in [0.15, 0.2) is 5.78 Å². The van der Waals surface area contributed by atoms with Crippen LogP contribution in [0.2, 0.25) is 0 Å². The van der Waals surface area contributed by atoms with Gasteiger partial charge < -0.3 is 5.32 Å². The first kappa shape index (κ1) is 24.1. The molecule has 7 heteroatoms. The topological polar surface area (TPSA) is 83.4 Å². The number of thiazole rings is 1. The number of allylic oxidation sites excluding steroid dienone is 4. The summed E-state index contributed by atoms with van der Waals surface area (Å²) in [6, 6.07) is 9.21. The predicted molar refractivity (Wildman–Crippen MR) is 127 cm³/mol. The maximum Gasteiger partial charge on any atom is 0.241 e. The minimum absolute atomic E-state index is 0.160. The van der Waals surface area contributed by atoms with E-state index in [9.17, 15) is 9.59 Å². The van der Waals surface area contributed by atoms with Crippen LogP contribution in [0.3, 0.4) is 0 Å². The van der Waals surface area contributed by atoms with E-state index in [4.69, 9.17) is 0 Å². The number of Topliss-reactive ketones (excluding diaryl/α,β-unsaturated/α-hetero) is 1. The summed E-state index contributed by atoms with van der Waals surface area (Å²) >= 11 is 1.50. The van der Waals surface area contributed by atoms with Gasteiger partial charge in [0.2, 0.25) is 5.91 Å². The Bertz CT molecular complexity index is 949. The highest BCUT2D eigenvalue weighted by atomic mass is 32.1. The SMILES string of the molecule is C=N/C=C\C(=C)C(C)/C=C(/NC(=O)C(Cc1ccccc1)NCc1cscn1)C(C)=O. The number of nitrogens with one attached hydrogen (secondary N) is 2. The Labute approximate surface area is 187 Å². The number of carbonyl (C=O) groups is 2. The first-order valence-corrected chi connectivity index (χ1v) is 10.8. The summed E-state index contributed by atoms with van der Waals surface area (Å²) in [5, 5.41) is 8.00. The third-order valence-electron chi connectivity index (χ3n) is 4.64. The van der Waals surface area contributed by atoms with E-state index in [1.807, 2.05) is 42.6 Å². The molecule has 1 heterocycles. The molecule has 6 nitrogen and oxygen atoms in total. The van der Waals surface area contributed by atoms with Crippen molar-refractivity contribution < 1.29 is 9.59 Å². The molecule has 0 saturated carbocycles. The molecule has 2 rings (SSSR count). The van der Waals surface area contributed by atoms with Crippen molar-refractivity contribution in [3.05, 3.63) is 88.7 Å². The molecule has 2 N–H and O–H groups in total. The average Bonchev–Trinajstić information content (AvgIpc) is 3.28. The van der Waals surface area contributed by atoms with Gasteiger partial charge in [-0.1, -0.05) is 43.8 Å². The molecule has 0 radical (unpaired) electrons. The van der Waals surface area contributed by atoms with Gasteiger partial charge in [0.1, 0.15) is 0 Å². The molecule has 0 aliphatic rings. The van der Waals surface area contributed by atoms with Crippen molar-refractivity contribution in [2.75, 3.05) is 0 Å². The quantitative estimate of drug-likeness (QED) is 0.301. The van der Waals surface area contributed by atoms with Gasteiger partial charge in [0.25, 0.3) is 0 Å². The molecule has 0 saturated heterocycles. The highest BCUT2D eigenvalue weighted by molar-refractivity contribution is 7.07. The second-order valence-corrected chi connectivity index (χ2v) is 7.81. The number of hydrogen-bond donors (Lipinski definition) is 2. The van der Waals surface area contributed by atoms with Gasteiger partial charge in [0.05, 0.1) is 22.9 Å². The number of nitrogens with zero attached hydrogens (tertiary/aromatic N) is 2. The van der Waals surface area contributed by atoms with E-state index in [2.05, 4.69) is 33.9 Å². The Morgan fingerprint density at radius 3 is 2.65 bits per heavy atom. The summed E-state index contributed by atoms with van der Waals surface area (Å²) in [6.45, 7) is 11.1. The van der Waals surface area contributed by atoms with Crippen LogP contribution in [0, 0.1) is 5.92 Å². The molecule has 0 bridgehead atoms. The summed E-state index contributed by atoms with van der Waals surface area (Å²) < 4.78 is 0. The van der Waals surface area contributed by atoms with E-state index >= 15 is 0 Å². The maximum absolute atomic E-state index is 13.1. The highest BCUT2D eigenvalue weighted by Crippen LogP contribution is 2.14. The lowest BCUT2D eigenvalue weighted by atomic mass is 10.00. The molecule has 2 aromatic rings. The smallest absolute Gasteiger partial charge is 0.241 e. The van der Waals surface area contributed by atoms with E-state index in [1.165, 1.54) is 24.5 Å². The number of benzene rings is 1. The predicted octanol–water partition coefficient (Wildman–Crippen LogP) is 3.84. The lowest BCUT2D eigenvalue weighted by Crippen LogP contribution is -2.45. The molecule has 1 aromatic heterocycles. The third-order valence-corrected chi connectivity index (χ3v) is 5.28. The largest absolute Gasteiger partial charge is 0.322 e. The zero-order valence-corrected chi connectivity index (χ0v) is 18.7. The fraction of sp³-hybridized carbons (Fsp3) is 0.250. The van der Waals surface area contributed by atoms with Crippen molar-refractivity contribution in [2.45, 2.75) is 32.9 Å². The molecule has 0 aliphatic carbocycles. The summed E-state index contributed by atoms with van der Waals surface area (Å²) in [7, 11) is 0. The minimum atomic E-state index is -0.532. The minimum Gasteiger partial charge on any atom is -0.322 e. The van der Waals surface area contributed by atoms with Gasteiger partial charge in [0, 0.05) is 31.0 Å². The summed E-state index contributed by atoms with van der Waals surface area (Å²) in [4.78, 5) is 33.2. The van der Waals surface area contributed by atoms with Crippen molar-refractivity contribution in [3.8, 4) is 0 Å². The molecule has 162 valence electrons. The maximum atomic E-state index is 13.1. The van der Waals surface area contributed by atoms with Crippen LogP contribution in [0.15, 0.2) is 82.4 Å². The molecule has 1 amide bonds. The Morgan fingerprint density at radius 2 is 2.03 bits per heavy atom. The fourth-order valence-electron chi connectivity index (χ4n) is 2.78. The molecular formula is C24H28N4O2S. The normalized spacial score (nSPS) is 13.5. The number of hydrogen-bond acceptors (Lipinski definition) is 6. The van der Waals surface area contributed by atoms with Crippen LogP contribution in [-0.2, 0) is 22.6 Å². The molecule has 0 aliphatic heterocycles. The molecule has 2 unspecified atom stereocenters. The van der Waals surface area contributed by atoms with E-state index in [1.54, 1.807) is 17.7 Å². The second kappa shape index (κ2) is 12.5. The van der Waals surface area contributed by atoms with E-state index < -0.39 is 6.04 Å². The van der Waals surface area contributed by atoms with Gasteiger partial charge >= 0.3 is 0 Å². The van der Waals surface area contributed by atoms with E-state index in [-0.39, 0.29) is 23.3 Å². The van der Waals surface area contributed by atoms with Gasteiger partial charge in [-0.25, -0.2) is 4.98 Å². The third kappa shape index (κ3) is 8.24. The van der Waals surface area contributed by atoms with E-state index in [0.717, 1.165) is 16.8 Å².